The first-order valence-corrected chi connectivity index (χ1v) is 11.0. The third kappa shape index (κ3) is 6.62. The Balaban J connectivity index is 2.19. The molecule has 0 aromatic heterocycles. The third-order valence-electron chi connectivity index (χ3n) is 5.59. The number of rotatable bonds is 8. The van der Waals surface area contributed by atoms with E-state index in [0.717, 1.165) is 12.2 Å². The Morgan fingerprint density at radius 3 is 1.08 bits per heavy atom. The zero-order valence-electron chi connectivity index (χ0n) is 20.8. The standard InChI is InChI=1S/C28H24F6O4/c1-35-21-9-5-17(6-10-21)23(27(29,30)31)13-19-15-26(38-4)20(16-25(19)37-3)14-24(28(32,33)34)18-7-11-22(36-2)12-8-18/h5-16H,1-4H3/b23-13-,24-14-. The first-order valence-electron chi connectivity index (χ1n) is 11.0. The average Bonchev–Trinajstić information content (AvgIpc) is 2.89. The lowest BCUT2D eigenvalue weighted by molar-refractivity contribution is -0.0692. The van der Waals surface area contributed by atoms with E-state index in [2.05, 4.69) is 0 Å². The Morgan fingerprint density at radius 1 is 0.526 bits per heavy atom. The van der Waals surface area contributed by atoms with Crippen LogP contribution in [0.15, 0.2) is 60.7 Å². The van der Waals surface area contributed by atoms with Gasteiger partial charge in [0, 0.05) is 11.1 Å². The second-order valence-corrected chi connectivity index (χ2v) is 7.90. The number of hydrogen-bond acceptors (Lipinski definition) is 4. The van der Waals surface area contributed by atoms with Crippen molar-refractivity contribution in [1.29, 1.82) is 0 Å². The molecule has 0 saturated heterocycles. The van der Waals surface area contributed by atoms with Gasteiger partial charge in [0.2, 0.25) is 0 Å². The number of halogens is 6. The third-order valence-corrected chi connectivity index (χ3v) is 5.59. The van der Waals surface area contributed by atoms with Gasteiger partial charge in [0.15, 0.2) is 0 Å². The van der Waals surface area contributed by atoms with Crippen molar-refractivity contribution < 1.29 is 45.3 Å². The lowest BCUT2D eigenvalue weighted by atomic mass is 9.98. The Labute approximate surface area is 215 Å². The fourth-order valence-electron chi connectivity index (χ4n) is 3.68. The highest BCUT2D eigenvalue weighted by atomic mass is 19.4. The molecule has 0 aliphatic rings. The van der Waals surface area contributed by atoms with Crippen LogP contribution < -0.4 is 18.9 Å². The first kappa shape index (κ1) is 28.5. The minimum absolute atomic E-state index is 0.0392. The molecule has 0 bridgehead atoms. The fraction of sp³-hybridized carbons (Fsp3) is 0.214. The Bertz CT molecular complexity index is 1200. The van der Waals surface area contributed by atoms with Crippen LogP contribution in [0.5, 0.6) is 23.0 Å². The van der Waals surface area contributed by atoms with Gasteiger partial charge in [0.1, 0.15) is 23.0 Å². The van der Waals surface area contributed by atoms with Crippen molar-refractivity contribution in [2.24, 2.45) is 0 Å². The number of alkyl halides is 6. The van der Waals surface area contributed by atoms with Crippen molar-refractivity contribution in [3.8, 4) is 23.0 Å². The molecule has 3 aromatic carbocycles. The molecule has 0 fully saturated rings. The van der Waals surface area contributed by atoms with Crippen LogP contribution in [0.4, 0.5) is 26.3 Å². The minimum atomic E-state index is -4.75. The Morgan fingerprint density at radius 2 is 0.842 bits per heavy atom. The van der Waals surface area contributed by atoms with Crippen LogP contribution in [0.3, 0.4) is 0 Å². The molecule has 0 unspecified atom stereocenters. The first-order chi connectivity index (χ1) is 17.9. The van der Waals surface area contributed by atoms with E-state index in [1.54, 1.807) is 0 Å². The molecule has 0 aliphatic heterocycles. The summed E-state index contributed by atoms with van der Waals surface area (Å²) in [5, 5.41) is 0. The van der Waals surface area contributed by atoms with Gasteiger partial charge in [0.25, 0.3) is 0 Å². The van der Waals surface area contributed by atoms with E-state index in [-0.39, 0.29) is 33.8 Å². The molecule has 3 rings (SSSR count). The normalized spacial score (nSPS) is 12.8. The highest BCUT2D eigenvalue weighted by molar-refractivity contribution is 5.89. The molecule has 0 aliphatic carbocycles. The van der Waals surface area contributed by atoms with Crippen molar-refractivity contribution in [3.05, 3.63) is 82.9 Å². The van der Waals surface area contributed by atoms with Crippen molar-refractivity contribution in [1.82, 2.24) is 0 Å². The van der Waals surface area contributed by atoms with Gasteiger partial charge in [-0.2, -0.15) is 26.3 Å². The van der Waals surface area contributed by atoms with E-state index >= 15 is 0 Å². The van der Waals surface area contributed by atoms with Gasteiger partial charge < -0.3 is 18.9 Å². The smallest absolute Gasteiger partial charge is 0.417 e. The van der Waals surface area contributed by atoms with E-state index < -0.39 is 23.5 Å². The van der Waals surface area contributed by atoms with Gasteiger partial charge in [-0.3, -0.25) is 0 Å². The molecule has 0 atom stereocenters. The highest BCUT2D eigenvalue weighted by Gasteiger charge is 2.36. The second kappa shape index (κ2) is 11.5. The molecule has 202 valence electrons. The lowest BCUT2D eigenvalue weighted by Gasteiger charge is -2.17. The minimum Gasteiger partial charge on any atom is -0.497 e. The van der Waals surface area contributed by atoms with E-state index in [1.165, 1.54) is 89.1 Å². The largest absolute Gasteiger partial charge is 0.497 e. The molecule has 0 N–H and O–H groups in total. The van der Waals surface area contributed by atoms with Crippen LogP contribution >= 0.6 is 0 Å². The molecule has 3 aromatic rings. The molecule has 38 heavy (non-hydrogen) atoms. The van der Waals surface area contributed by atoms with Crippen LogP contribution in [-0.2, 0) is 0 Å². The Kier molecular flexibility index (Phi) is 8.65. The number of hydrogen-bond donors (Lipinski definition) is 0. The SMILES string of the molecule is COc1ccc(/C(=C/c2cc(OC)c(/C=C(/c3ccc(OC)cc3)C(F)(F)F)cc2OC)C(F)(F)F)cc1. The van der Waals surface area contributed by atoms with Gasteiger partial charge in [-0.15, -0.1) is 0 Å². The molecule has 4 nitrogen and oxygen atoms in total. The van der Waals surface area contributed by atoms with Gasteiger partial charge in [-0.25, -0.2) is 0 Å². The number of benzene rings is 3. The maximum absolute atomic E-state index is 14.0. The van der Waals surface area contributed by atoms with Crippen molar-refractivity contribution in [2.75, 3.05) is 28.4 Å². The van der Waals surface area contributed by atoms with Crippen LogP contribution in [0.1, 0.15) is 22.3 Å². The summed E-state index contributed by atoms with van der Waals surface area (Å²) >= 11 is 0. The van der Waals surface area contributed by atoms with E-state index in [1.807, 2.05) is 0 Å². The Hall–Kier alpha value is -4.08. The van der Waals surface area contributed by atoms with E-state index in [9.17, 15) is 26.3 Å². The molecular weight excluding hydrogens is 514 g/mol. The summed E-state index contributed by atoms with van der Waals surface area (Å²) in [4.78, 5) is 0. The summed E-state index contributed by atoms with van der Waals surface area (Å²) in [5.41, 5.74) is -2.33. The van der Waals surface area contributed by atoms with Crippen molar-refractivity contribution in [3.63, 3.8) is 0 Å². The molecular formula is C28H24F6O4. The lowest BCUT2D eigenvalue weighted by Crippen LogP contribution is -2.11. The molecule has 0 spiro atoms. The summed E-state index contributed by atoms with van der Waals surface area (Å²) in [5.74, 6) is 0.595. The molecule has 0 radical (unpaired) electrons. The number of allylic oxidation sites excluding steroid dienone is 2. The van der Waals surface area contributed by atoms with Gasteiger partial charge in [-0.1, -0.05) is 24.3 Å². The maximum Gasteiger partial charge on any atom is 0.417 e. The molecule has 0 heterocycles. The summed E-state index contributed by atoms with van der Waals surface area (Å²) in [6.07, 6.45) is -7.79. The van der Waals surface area contributed by atoms with Crippen molar-refractivity contribution in [2.45, 2.75) is 12.4 Å². The summed E-state index contributed by atoms with van der Waals surface area (Å²) in [7, 11) is 5.20. The maximum atomic E-state index is 14.0. The molecule has 10 heteroatoms. The topological polar surface area (TPSA) is 36.9 Å². The number of methoxy groups -OCH3 is 4. The number of ether oxygens (including phenoxy) is 4. The zero-order valence-corrected chi connectivity index (χ0v) is 20.8. The molecule has 0 amide bonds. The summed E-state index contributed by atoms with van der Waals surface area (Å²) < 4.78 is 105. The quantitative estimate of drug-likeness (QED) is 0.216. The average molecular weight is 538 g/mol. The van der Waals surface area contributed by atoms with E-state index in [0.29, 0.717) is 11.5 Å². The van der Waals surface area contributed by atoms with Crippen LogP contribution in [0, 0.1) is 0 Å². The van der Waals surface area contributed by atoms with Crippen molar-refractivity contribution >= 4 is 23.3 Å². The predicted molar refractivity (Wildman–Crippen MR) is 133 cm³/mol. The van der Waals surface area contributed by atoms with Crippen LogP contribution in [-0.4, -0.2) is 40.8 Å². The summed E-state index contributed by atoms with van der Waals surface area (Å²) in [6, 6.07) is 13.0. The monoisotopic (exact) mass is 538 g/mol. The van der Waals surface area contributed by atoms with Crippen LogP contribution in [0.2, 0.25) is 0 Å². The van der Waals surface area contributed by atoms with Gasteiger partial charge in [0.05, 0.1) is 39.6 Å². The zero-order chi connectivity index (χ0) is 28.1. The second-order valence-electron chi connectivity index (χ2n) is 7.90. The van der Waals surface area contributed by atoms with Gasteiger partial charge >= 0.3 is 12.4 Å². The van der Waals surface area contributed by atoms with E-state index in [4.69, 9.17) is 18.9 Å². The highest BCUT2D eigenvalue weighted by Crippen LogP contribution is 2.41. The van der Waals surface area contributed by atoms with Gasteiger partial charge in [-0.05, 0) is 59.7 Å². The molecule has 0 saturated carbocycles. The summed E-state index contributed by atoms with van der Waals surface area (Å²) in [6.45, 7) is 0. The van der Waals surface area contributed by atoms with Crippen LogP contribution in [0.25, 0.3) is 23.3 Å². The predicted octanol–water partition coefficient (Wildman–Crippen LogP) is 7.93. The fourth-order valence-corrected chi connectivity index (χ4v) is 3.68.